The highest BCUT2D eigenvalue weighted by Gasteiger charge is 2.72. The molecule has 226 valence electrons. The van der Waals surface area contributed by atoms with Gasteiger partial charge in [-0.1, -0.05) is 36.4 Å². The maximum absolute atomic E-state index is 13.8. The van der Waals surface area contributed by atoms with Crippen LogP contribution in [0.2, 0.25) is 0 Å². The lowest BCUT2D eigenvalue weighted by Crippen LogP contribution is -2.74. The normalized spacial score (nSPS) is 27.9. The molecule has 6 atom stereocenters. The number of likely N-dealkylation sites (N-methyl/N-ethyl adjacent to an activating group) is 1. The van der Waals surface area contributed by atoms with Gasteiger partial charge in [-0.2, -0.15) is 0 Å². The van der Waals surface area contributed by atoms with E-state index in [-0.39, 0.29) is 35.3 Å². The summed E-state index contributed by atoms with van der Waals surface area (Å²) in [5.41, 5.74) is -0.385. The Hall–Kier alpha value is -4.42. The van der Waals surface area contributed by atoms with Crippen molar-refractivity contribution in [2.24, 2.45) is 0 Å². The second-order valence-corrected chi connectivity index (χ2v) is 11.4. The molecular formula is C31H31NO11. The number of nitrogens with zero attached hydrogens (tertiary/aromatic N) is 1. The topological polar surface area (TPSA) is 169 Å². The van der Waals surface area contributed by atoms with Crippen molar-refractivity contribution in [2.75, 3.05) is 13.6 Å². The third-order valence-corrected chi connectivity index (χ3v) is 9.05. The van der Waals surface area contributed by atoms with Crippen molar-refractivity contribution in [2.45, 2.75) is 68.0 Å². The quantitative estimate of drug-likeness (QED) is 0.301. The van der Waals surface area contributed by atoms with Crippen molar-refractivity contribution in [3.05, 3.63) is 71.0 Å². The van der Waals surface area contributed by atoms with Crippen molar-refractivity contribution in [1.29, 1.82) is 0 Å². The lowest BCUT2D eigenvalue weighted by molar-refractivity contribution is -0.183. The van der Waals surface area contributed by atoms with Gasteiger partial charge in [0.05, 0.1) is 17.4 Å². The number of carboxylic acids is 1. The average molecular weight is 594 g/mol. The van der Waals surface area contributed by atoms with Crippen LogP contribution in [0.15, 0.2) is 54.3 Å². The number of rotatable bonds is 8. The number of hydrogen-bond donors (Lipinski definition) is 3. The van der Waals surface area contributed by atoms with Crippen molar-refractivity contribution < 1.29 is 53.4 Å². The second-order valence-electron chi connectivity index (χ2n) is 11.4. The Labute approximate surface area is 246 Å². The lowest BCUT2D eigenvalue weighted by atomic mass is 9.50. The van der Waals surface area contributed by atoms with E-state index in [1.807, 2.05) is 13.1 Å². The standard InChI is InChI=1S/C31H31NO11/c1-16(33)40-21(15-23(35)36)28(37)43-25(17-6-4-3-5-7-17)29(38)41-20-10-11-31(39)22-14-18-8-9-19(34)26-24(18)30(31,27(20)42-26)12-13-32(22)2/h3-10,21-22,25,27,34,39H,11-15H2,1-2H3,(H,35,36)/t21?,22-,25?,27+,30+,31-/m1/s1. The molecule has 1 spiro atoms. The molecule has 0 amide bonds. The van der Waals surface area contributed by atoms with Crippen molar-refractivity contribution in [3.63, 3.8) is 0 Å². The maximum Gasteiger partial charge on any atom is 0.357 e. The van der Waals surface area contributed by atoms with Gasteiger partial charge in [-0.25, -0.2) is 9.59 Å². The van der Waals surface area contributed by atoms with E-state index in [2.05, 4.69) is 4.90 Å². The Bertz CT molecular complexity index is 1520. The number of likely N-dealkylation sites (tertiary alicyclic amines) is 1. The summed E-state index contributed by atoms with van der Waals surface area (Å²) in [6, 6.07) is 11.1. The van der Waals surface area contributed by atoms with Gasteiger partial charge in [0.2, 0.25) is 12.2 Å². The van der Waals surface area contributed by atoms with E-state index in [1.54, 1.807) is 30.3 Å². The van der Waals surface area contributed by atoms with Crippen LogP contribution < -0.4 is 4.74 Å². The summed E-state index contributed by atoms with van der Waals surface area (Å²) in [5.74, 6) is -4.29. The van der Waals surface area contributed by atoms with Gasteiger partial charge in [0.25, 0.3) is 0 Å². The number of hydrogen-bond acceptors (Lipinski definition) is 11. The first kappa shape index (κ1) is 28.7. The zero-order valence-electron chi connectivity index (χ0n) is 23.5. The predicted molar refractivity (Wildman–Crippen MR) is 146 cm³/mol. The van der Waals surface area contributed by atoms with E-state index in [9.17, 15) is 34.5 Å². The number of benzene rings is 2. The van der Waals surface area contributed by atoms with Crippen LogP contribution in [0.25, 0.3) is 0 Å². The summed E-state index contributed by atoms with van der Waals surface area (Å²) < 4.78 is 22.5. The van der Waals surface area contributed by atoms with E-state index in [4.69, 9.17) is 18.9 Å². The van der Waals surface area contributed by atoms with Crippen LogP contribution >= 0.6 is 0 Å². The molecule has 4 aliphatic rings. The Morgan fingerprint density at radius 3 is 2.53 bits per heavy atom. The van der Waals surface area contributed by atoms with Gasteiger partial charge >= 0.3 is 23.9 Å². The summed E-state index contributed by atoms with van der Waals surface area (Å²) >= 11 is 0. The third kappa shape index (κ3) is 4.43. The van der Waals surface area contributed by atoms with Crippen LogP contribution in [-0.4, -0.2) is 81.5 Å². The molecule has 2 aromatic rings. The van der Waals surface area contributed by atoms with Gasteiger partial charge in [-0.3, -0.25) is 9.59 Å². The van der Waals surface area contributed by atoms with E-state index >= 15 is 0 Å². The molecule has 2 aliphatic carbocycles. The Balaban J connectivity index is 1.34. The molecule has 3 N–H and O–H groups in total. The monoisotopic (exact) mass is 593 g/mol. The highest BCUT2D eigenvalue weighted by atomic mass is 16.6. The number of piperidine rings is 1. The van der Waals surface area contributed by atoms with Crippen LogP contribution in [0.4, 0.5) is 0 Å². The minimum absolute atomic E-state index is 0.0843. The molecule has 1 saturated heterocycles. The zero-order valence-corrected chi connectivity index (χ0v) is 23.5. The summed E-state index contributed by atoms with van der Waals surface area (Å²) in [7, 11) is 1.96. The molecule has 1 fully saturated rings. The van der Waals surface area contributed by atoms with Gasteiger partial charge in [0, 0.05) is 30.5 Å². The van der Waals surface area contributed by atoms with Crippen molar-refractivity contribution in [1.82, 2.24) is 4.90 Å². The van der Waals surface area contributed by atoms with Gasteiger partial charge in [0.1, 0.15) is 5.76 Å². The minimum Gasteiger partial charge on any atom is -0.504 e. The molecule has 2 aromatic carbocycles. The van der Waals surface area contributed by atoms with Gasteiger partial charge < -0.3 is 39.2 Å². The number of aliphatic hydroxyl groups is 1. The molecule has 2 bridgehead atoms. The fourth-order valence-corrected chi connectivity index (χ4v) is 7.21. The molecule has 0 aromatic heterocycles. The first-order valence-corrected chi connectivity index (χ1v) is 14.0. The minimum atomic E-state index is -1.79. The second kappa shape index (κ2) is 10.4. The number of ether oxygens (including phenoxy) is 4. The fourth-order valence-electron chi connectivity index (χ4n) is 7.21. The number of aliphatic carboxylic acids is 1. The van der Waals surface area contributed by atoms with Gasteiger partial charge in [0.15, 0.2) is 17.6 Å². The molecule has 12 nitrogen and oxygen atoms in total. The smallest absolute Gasteiger partial charge is 0.357 e. The number of phenolic OH excluding ortho intramolecular Hbond substituents is 1. The number of phenols is 1. The van der Waals surface area contributed by atoms with Gasteiger partial charge in [-0.05, 0) is 44.1 Å². The molecule has 6 rings (SSSR count). The van der Waals surface area contributed by atoms with Crippen molar-refractivity contribution in [3.8, 4) is 11.5 Å². The summed E-state index contributed by atoms with van der Waals surface area (Å²) in [5, 5.41) is 32.2. The molecule has 2 aliphatic heterocycles. The Morgan fingerprint density at radius 2 is 1.84 bits per heavy atom. The van der Waals surface area contributed by atoms with E-state index in [1.165, 1.54) is 12.1 Å². The maximum atomic E-state index is 13.8. The SMILES string of the molecule is CC(=O)OC(CC(=O)O)C(=O)OC(C(=O)OC1=CC[C@@]2(O)[C@H]3Cc4ccc(O)c5c4[C@@]2(CCN3C)[C@H]1O5)c1ccccc1. The Kier molecular flexibility index (Phi) is 6.93. The molecule has 2 heterocycles. The highest BCUT2D eigenvalue weighted by Crippen LogP contribution is 2.65. The molecular weight excluding hydrogens is 562 g/mol. The van der Waals surface area contributed by atoms with Gasteiger partial charge in [-0.15, -0.1) is 0 Å². The zero-order chi connectivity index (χ0) is 30.7. The summed E-state index contributed by atoms with van der Waals surface area (Å²) in [6.45, 7) is 1.65. The molecule has 12 heteroatoms. The summed E-state index contributed by atoms with van der Waals surface area (Å²) in [6.07, 6.45) is -2.50. The van der Waals surface area contributed by atoms with E-state index in [0.717, 1.165) is 18.1 Å². The number of carbonyl (C=O) groups excluding carboxylic acids is 3. The lowest BCUT2D eigenvalue weighted by Gasteiger charge is -2.61. The summed E-state index contributed by atoms with van der Waals surface area (Å²) in [4.78, 5) is 51.7. The average Bonchev–Trinajstić information content (AvgIpc) is 3.32. The van der Waals surface area contributed by atoms with Crippen LogP contribution in [-0.2, 0) is 45.2 Å². The number of carboxylic acid groups (broad SMARTS) is 1. The first-order chi connectivity index (χ1) is 20.5. The van der Waals surface area contributed by atoms with E-state index in [0.29, 0.717) is 19.4 Å². The molecule has 0 saturated carbocycles. The number of carbonyl (C=O) groups is 4. The van der Waals surface area contributed by atoms with Crippen LogP contribution in [0.3, 0.4) is 0 Å². The fraction of sp³-hybridized carbons (Fsp3) is 0.419. The molecule has 43 heavy (non-hydrogen) atoms. The highest BCUT2D eigenvalue weighted by molar-refractivity contribution is 5.87. The molecule has 0 radical (unpaired) electrons. The predicted octanol–water partition coefficient (Wildman–Crippen LogP) is 1.90. The van der Waals surface area contributed by atoms with Crippen molar-refractivity contribution >= 4 is 23.9 Å². The Morgan fingerprint density at radius 1 is 1.09 bits per heavy atom. The van der Waals surface area contributed by atoms with Crippen LogP contribution in [0.1, 0.15) is 49.0 Å². The number of aromatic hydroxyl groups is 1. The number of esters is 3. The van der Waals surface area contributed by atoms with Crippen LogP contribution in [0, 0.1) is 0 Å². The first-order valence-electron chi connectivity index (χ1n) is 14.0. The van der Waals surface area contributed by atoms with E-state index < -0.39 is 59.6 Å². The largest absolute Gasteiger partial charge is 0.504 e. The molecule has 2 unspecified atom stereocenters. The van der Waals surface area contributed by atoms with Crippen LogP contribution in [0.5, 0.6) is 11.5 Å². The third-order valence-electron chi connectivity index (χ3n) is 9.05.